The molecule has 0 N–H and O–H groups in total. The smallest absolute Gasteiger partial charge is 0.128 e. The summed E-state index contributed by atoms with van der Waals surface area (Å²) < 4.78 is 19.1. The molecule has 0 radical (unpaired) electrons. The zero-order valence-electron chi connectivity index (χ0n) is 10.9. The van der Waals surface area contributed by atoms with Crippen LogP contribution in [0.5, 0.6) is 5.75 Å². The standard InChI is InChI=1S/C16H18ClFO/c17-8-4-7-14-9-15(18)11-16(10-14)19-12-13-5-2-1-3-6-13/h9-11,13H,1-3,5-6,8,12H2. The molecule has 0 amide bonds. The highest BCUT2D eigenvalue weighted by atomic mass is 35.5. The van der Waals surface area contributed by atoms with Gasteiger partial charge in [0.15, 0.2) is 0 Å². The van der Waals surface area contributed by atoms with Crippen molar-refractivity contribution in [3.05, 3.63) is 29.6 Å². The van der Waals surface area contributed by atoms with Crippen LogP contribution in [0.2, 0.25) is 0 Å². The predicted octanol–water partition coefficient (Wildman–Crippen LogP) is 4.38. The Morgan fingerprint density at radius 1 is 1.21 bits per heavy atom. The average molecular weight is 281 g/mol. The number of ether oxygens (including phenoxy) is 1. The van der Waals surface area contributed by atoms with E-state index in [2.05, 4.69) is 11.8 Å². The van der Waals surface area contributed by atoms with Gasteiger partial charge in [0.05, 0.1) is 12.5 Å². The van der Waals surface area contributed by atoms with Gasteiger partial charge < -0.3 is 4.74 Å². The minimum absolute atomic E-state index is 0.245. The van der Waals surface area contributed by atoms with Crippen LogP contribution in [0.15, 0.2) is 18.2 Å². The van der Waals surface area contributed by atoms with Gasteiger partial charge in [-0.05, 0) is 30.9 Å². The maximum absolute atomic E-state index is 13.4. The molecule has 0 aromatic heterocycles. The summed E-state index contributed by atoms with van der Waals surface area (Å²) in [5.74, 6) is 6.62. The van der Waals surface area contributed by atoms with Gasteiger partial charge in [0.1, 0.15) is 11.6 Å². The molecular weight excluding hydrogens is 263 g/mol. The van der Waals surface area contributed by atoms with E-state index in [1.807, 2.05) is 0 Å². The van der Waals surface area contributed by atoms with Crippen LogP contribution in [0, 0.1) is 23.6 Å². The molecule has 19 heavy (non-hydrogen) atoms. The first kappa shape index (κ1) is 14.2. The van der Waals surface area contributed by atoms with Gasteiger partial charge in [0.2, 0.25) is 0 Å². The Labute approximate surface area is 119 Å². The topological polar surface area (TPSA) is 9.23 Å². The molecule has 0 aliphatic heterocycles. The lowest BCUT2D eigenvalue weighted by atomic mass is 9.90. The number of alkyl halides is 1. The summed E-state index contributed by atoms with van der Waals surface area (Å²) in [4.78, 5) is 0. The minimum Gasteiger partial charge on any atom is -0.493 e. The molecule has 2 rings (SSSR count). The van der Waals surface area contributed by atoms with Crippen molar-refractivity contribution in [1.82, 2.24) is 0 Å². The monoisotopic (exact) mass is 280 g/mol. The fourth-order valence-corrected chi connectivity index (χ4v) is 2.49. The molecule has 0 spiro atoms. The molecule has 1 fully saturated rings. The number of hydrogen-bond acceptors (Lipinski definition) is 1. The van der Waals surface area contributed by atoms with Crippen molar-refractivity contribution >= 4 is 11.6 Å². The van der Waals surface area contributed by atoms with Crippen molar-refractivity contribution < 1.29 is 9.13 Å². The highest BCUT2D eigenvalue weighted by molar-refractivity contribution is 6.19. The van der Waals surface area contributed by atoms with Gasteiger partial charge in [0, 0.05) is 11.6 Å². The molecule has 0 bridgehead atoms. The molecule has 1 aliphatic carbocycles. The summed E-state index contributed by atoms with van der Waals surface area (Å²) >= 11 is 5.50. The number of benzene rings is 1. The van der Waals surface area contributed by atoms with E-state index in [0.717, 1.165) is 0 Å². The maximum atomic E-state index is 13.4. The fourth-order valence-electron chi connectivity index (χ4n) is 2.42. The van der Waals surface area contributed by atoms with Crippen molar-refractivity contribution in [2.75, 3.05) is 12.5 Å². The van der Waals surface area contributed by atoms with Gasteiger partial charge in [-0.1, -0.05) is 31.1 Å². The van der Waals surface area contributed by atoms with Gasteiger partial charge >= 0.3 is 0 Å². The molecular formula is C16H18ClFO. The second kappa shape index (κ2) is 7.40. The summed E-state index contributed by atoms with van der Waals surface area (Å²) in [6, 6.07) is 4.58. The average Bonchev–Trinajstić information content (AvgIpc) is 2.43. The number of hydrogen-bond donors (Lipinski definition) is 0. The molecule has 1 saturated carbocycles. The lowest BCUT2D eigenvalue weighted by Gasteiger charge is -2.21. The zero-order valence-corrected chi connectivity index (χ0v) is 11.7. The molecule has 0 heterocycles. The molecule has 0 saturated heterocycles. The Morgan fingerprint density at radius 3 is 2.74 bits per heavy atom. The van der Waals surface area contributed by atoms with Gasteiger partial charge in [0.25, 0.3) is 0 Å². The second-order valence-corrected chi connectivity index (χ2v) is 5.19. The SMILES string of the molecule is Fc1cc(C#CCCl)cc(OCC2CCCCC2)c1. The molecule has 1 aromatic rings. The van der Waals surface area contributed by atoms with Crippen LogP contribution in [0.25, 0.3) is 0 Å². The van der Waals surface area contributed by atoms with E-state index in [1.54, 1.807) is 6.07 Å². The highest BCUT2D eigenvalue weighted by Gasteiger charge is 2.14. The first-order chi connectivity index (χ1) is 9.28. The van der Waals surface area contributed by atoms with Crippen LogP contribution in [-0.2, 0) is 0 Å². The van der Waals surface area contributed by atoms with Gasteiger partial charge in [-0.25, -0.2) is 4.39 Å². The predicted molar refractivity (Wildman–Crippen MR) is 76.1 cm³/mol. The molecule has 1 aliphatic rings. The second-order valence-electron chi connectivity index (χ2n) is 4.93. The van der Waals surface area contributed by atoms with Gasteiger partial charge in [-0.2, -0.15) is 0 Å². The van der Waals surface area contributed by atoms with E-state index in [1.165, 1.54) is 44.2 Å². The maximum Gasteiger partial charge on any atom is 0.128 e. The molecule has 3 heteroatoms. The fraction of sp³-hybridized carbons (Fsp3) is 0.500. The number of halogens is 2. The highest BCUT2D eigenvalue weighted by Crippen LogP contribution is 2.25. The van der Waals surface area contributed by atoms with Crippen LogP contribution in [0.1, 0.15) is 37.7 Å². The van der Waals surface area contributed by atoms with E-state index < -0.39 is 0 Å². The zero-order chi connectivity index (χ0) is 13.5. The van der Waals surface area contributed by atoms with Crippen molar-refractivity contribution in [1.29, 1.82) is 0 Å². The van der Waals surface area contributed by atoms with Crippen molar-refractivity contribution in [3.8, 4) is 17.6 Å². The molecule has 102 valence electrons. The van der Waals surface area contributed by atoms with Crippen LogP contribution in [0.4, 0.5) is 4.39 Å². The molecule has 0 unspecified atom stereocenters. The Balaban J connectivity index is 1.97. The van der Waals surface area contributed by atoms with Gasteiger partial charge in [-0.3, -0.25) is 0 Å². The third-order valence-corrected chi connectivity index (χ3v) is 3.51. The van der Waals surface area contributed by atoms with Crippen LogP contribution in [0.3, 0.4) is 0 Å². The quantitative estimate of drug-likeness (QED) is 0.590. The van der Waals surface area contributed by atoms with Crippen molar-refractivity contribution in [3.63, 3.8) is 0 Å². The van der Waals surface area contributed by atoms with E-state index >= 15 is 0 Å². The largest absolute Gasteiger partial charge is 0.493 e. The third-order valence-electron chi connectivity index (χ3n) is 3.38. The van der Waals surface area contributed by atoms with Crippen LogP contribution < -0.4 is 4.74 Å². The molecule has 1 nitrogen and oxygen atoms in total. The lowest BCUT2D eigenvalue weighted by molar-refractivity contribution is 0.208. The first-order valence-corrected chi connectivity index (χ1v) is 7.29. The van der Waals surface area contributed by atoms with Gasteiger partial charge in [-0.15, -0.1) is 11.6 Å². The van der Waals surface area contributed by atoms with Crippen molar-refractivity contribution in [2.45, 2.75) is 32.1 Å². The normalized spacial score (nSPS) is 15.7. The van der Waals surface area contributed by atoms with Crippen LogP contribution >= 0.6 is 11.6 Å². The molecule has 0 atom stereocenters. The van der Waals surface area contributed by atoms with E-state index in [0.29, 0.717) is 23.8 Å². The van der Waals surface area contributed by atoms with E-state index in [-0.39, 0.29) is 11.7 Å². The lowest BCUT2D eigenvalue weighted by Crippen LogP contribution is -2.15. The summed E-state index contributed by atoms with van der Waals surface area (Å²) in [7, 11) is 0. The molecule has 1 aromatic carbocycles. The van der Waals surface area contributed by atoms with Crippen LogP contribution in [-0.4, -0.2) is 12.5 Å². The Kier molecular flexibility index (Phi) is 5.54. The van der Waals surface area contributed by atoms with E-state index in [4.69, 9.17) is 16.3 Å². The first-order valence-electron chi connectivity index (χ1n) is 6.76. The third kappa shape index (κ3) is 4.76. The Morgan fingerprint density at radius 2 is 2.00 bits per heavy atom. The van der Waals surface area contributed by atoms with E-state index in [9.17, 15) is 4.39 Å². The summed E-state index contributed by atoms with van der Waals surface area (Å²) in [6.07, 6.45) is 6.32. The Hall–Kier alpha value is -1.20. The van der Waals surface area contributed by atoms with Crippen molar-refractivity contribution in [2.24, 2.45) is 5.92 Å². The Bertz CT molecular complexity index is 469. The summed E-state index contributed by atoms with van der Waals surface area (Å²) in [6.45, 7) is 0.672. The number of rotatable bonds is 3. The summed E-state index contributed by atoms with van der Waals surface area (Å²) in [5.41, 5.74) is 0.610. The summed E-state index contributed by atoms with van der Waals surface area (Å²) in [5, 5.41) is 0. The minimum atomic E-state index is -0.319.